The number of carbonyl (C=O) groups is 1. The quantitative estimate of drug-likeness (QED) is 0.517. The monoisotopic (exact) mass is 180 g/mol. The maximum absolute atomic E-state index is 10.7. The van der Waals surface area contributed by atoms with E-state index in [1.807, 2.05) is 0 Å². The first kappa shape index (κ1) is 10.7. The van der Waals surface area contributed by atoms with Crippen LogP contribution in [0.25, 0.3) is 0 Å². The number of hydrogen-bond acceptors (Lipinski definition) is 3. The Morgan fingerprint density at radius 2 is 2.27 bits per heavy atom. The van der Waals surface area contributed by atoms with E-state index in [-0.39, 0.29) is 12.4 Å². The topological polar surface area (TPSA) is 46.5 Å². The Morgan fingerprint density at radius 3 is 2.64 bits per heavy atom. The third-order valence-electron chi connectivity index (χ3n) is 1.19. The second kappa shape index (κ2) is 5.38. The molecule has 0 radical (unpaired) electrons. The van der Waals surface area contributed by atoms with Gasteiger partial charge in [0, 0.05) is 0 Å². The van der Waals surface area contributed by atoms with Crippen LogP contribution >= 0.6 is 11.6 Å². The number of rotatable bonds is 4. The third-order valence-corrected chi connectivity index (χ3v) is 1.71. The van der Waals surface area contributed by atoms with E-state index in [0.717, 1.165) is 0 Å². The van der Waals surface area contributed by atoms with Crippen LogP contribution < -0.4 is 0 Å². The van der Waals surface area contributed by atoms with Crippen LogP contribution in [-0.2, 0) is 9.53 Å². The number of hydrogen-bond donors (Lipinski definition) is 1. The van der Waals surface area contributed by atoms with Crippen molar-refractivity contribution in [3.8, 4) is 0 Å². The summed E-state index contributed by atoms with van der Waals surface area (Å²) in [5.41, 5.74) is 0. The minimum absolute atomic E-state index is 0.0626. The van der Waals surface area contributed by atoms with Crippen molar-refractivity contribution in [1.82, 2.24) is 0 Å². The van der Waals surface area contributed by atoms with E-state index < -0.39 is 11.5 Å². The van der Waals surface area contributed by atoms with Crippen LogP contribution in [0, 0.1) is 0 Å². The van der Waals surface area contributed by atoms with Gasteiger partial charge >= 0.3 is 5.97 Å². The number of carbonyl (C=O) groups excluding carboxylic acids is 1. The van der Waals surface area contributed by atoms with Crippen LogP contribution in [0.4, 0.5) is 0 Å². The fourth-order valence-electron chi connectivity index (χ4n) is 0.550. The summed E-state index contributed by atoms with van der Waals surface area (Å²) in [5, 5.41) is 8.35. The first-order valence-electron chi connectivity index (χ1n) is 3.55. The molecule has 0 aromatic heterocycles. The van der Waals surface area contributed by atoms with Gasteiger partial charge in [-0.25, -0.2) is 0 Å². The normalized spacial score (nSPS) is 15.6. The molecule has 0 saturated carbocycles. The number of halogens is 1. The molecule has 0 aromatic carbocycles. The SMILES string of the molecule is CCOC(=O)CC(Cl)[C@H](C)O. The smallest absolute Gasteiger partial charge is 0.307 e. The third kappa shape index (κ3) is 5.04. The lowest BCUT2D eigenvalue weighted by atomic mass is 10.2. The molecule has 0 fully saturated rings. The van der Waals surface area contributed by atoms with Crippen LogP contribution in [0.5, 0.6) is 0 Å². The van der Waals surface area contributed by atoms with E-state index in [4.69, 9.17) is 16.7 Å². The van der Waals surface area contributed by atoms with E-state index in [2.05, 4.69) is 4.74 Å². The van der Waals surface area contributed by atoms with E-state index >= 15 is 0 Å². The van der Waals surface area contributed by atoms with Crippen LogP contribution in [0.15, 0.2) is 0 Å². The molecule has 11 heavy (non-hydrogen) atoms. The number of alkyl halides is 1. The highest BCUT2D eigenvalue weighted by atomic mass is 35.5. The van der Waals surface area contributed by atoms with Crippen LogP contribution in [0.2, 0.25) is 0 Å². The van der Waals surface area contributed by atoms with Gasteiger partial charge in [-0.15, -0.1) is 11.6 Å². The molecule has 0 aromatic rings. The summed E-state index contributed by atoms with van der Waals surface area (Å²) in [6, 6.07) is 0. The van der Waals surface area contributed by atoms with Gasteiger partial charge in [-0.2, -0.15) is 0 Å². The van der Waals surface area contributed by atoms with E-state index in [1.54, 1.807) is 6.92 Å². The molecule has 0 heterocycles. The average molecular weight is 181 g/mol. The van der Waals surface area contributed by atoms with E-state index in [0.29, 0.717) is 6.61 Å². The summed E-state index contributed by atoms with van der Waals surface area (Å²) < 4.78 is 4.63. The van der Waals surface area contributed by atoms with Crippen molar-refractivity contribution in [2.45, 2.75) is 31.7 Å². The second-order valence-electron chi connectivity index (χ2n) is 2.27. The standard InChI is InChI=1S/C7H13ClO3/c1-3-11-7(10)4-6(8)5(2)9/h5-6,9H,3-4H2,1-2H3/t5-,6?/m0/s1. The Labute approximate surface area is 71.3 Å². The van der Waals surface area contributed by atoms with Gasteiger partial charge in [0.15, 0.2) is 0 Å². The lowest BCUT2D eigenvalue weighted by Gasteiger charge is -2.10. The molecule has 0 saturated heterocycles. The first-order valence-corrected chi connectivity index (χ1v) is 3.99. The lowest BCUT2D eigenvalue weighted by Crippen LogP contribution is -2.21. The zero-order valence-electron chi connectivity index (χ0n) is 6.71. The van der Waals surface area contributed by atoms with Gasteiger partial charge in [0.25, 0.3) is 0 Å². The summed E-state index contributed by atoms with van der Waals surface area (Å²) in [5.74, 6) is -0.367. The number of esters is 1. The molecule has 1 unspecified atom stereocenters. The van der Waals surface area contributed by atoms with E-state index in [9.17, 15) is 4.79 Å². The van der Waals surface area contributed by atoms with Crippen molar-refractivity contribution in [2.75, 3.05) is 6.61 Å². The zero-order valence-corrected chi connectivity index (χ0v) is 7.47. The van der Waals surface area contributed by atoms with Crippen LogP contribution in [0.3, 0.4) is 0 Å². The van der Waals surface area contributed by atoms with Gasteiger partial charge in [-0.3, -0.25) is 4.79 Å². The van der Waals surface area contributed by atoms with Crippen molar-refractivity contribution in [3.63, 3.8) is 0 Å². The molecule has 3 nitrogen and oxygen atoms in total. The minimum atomic E-state index is -0.680. The molecule has 0 aliphatic rings. The first-order chi connectivity index (χ1) is 5.07. The van der Waals surface area contributed by atoms with Gasteiger partial charge < -0.3 is 9.84 Å². The molecular formula is C7H13ClO3. The molecule has 0 rings (SSSR count). The highest BCUT2D eigenvalue weighted by Crippen LogP contribution is 2.07. The summed E-state index contributed by atoms with van der Waals surface area (Å²) in [4.78, 5) is 10.7. The summed E-state index contributed by atoms with van der Waals surface area (Å²) in [7, 11) is 0. The molecule has 0 aliphatic heterocycles. The molecule has 0 aliphatic carbocycles. The van der Waals surface area contributed by atoms with Crippen molar-refractivity contribution in [1.29, 1.82) is 0 Å². The van der Waals surface area contributed by atoms with Gasteiger partial charge in [-0.05, 0) is 13.8 Å². The fourth-order valence-corrected chi connectivity index (χ4v) is 0.676. The average Bonchev–Trinajstić information content (AvgIpc) is 1.87. The molecule has 2 atom stereocenters. The zero-order chi connectivity index (χ0) is 8.85. The van der Waals surface area contributed by atoms with E-state index in [1.165, 1.54) is 6.92 Å². The predicted molar refractivity (Wildman–Crippen MR) is 42.6 cm³/mol. The van der Waals surface area contributed by atoms with Gasteiger partial charge in [0.05, 0.1) is 24.5 Å². The Bertz CT molecular complexity index is 125. The van der Waals surface area contributed by atoms with Crippen molar-refractivity contribution in [3.05, 3.63) is 0 Å². The number of aliphatic hydroxyl groups is 1. The Hall–Kier alpha value is -0.280. The van der Waals surface area contributed by atoms with Crippen LogP contribution in [0.1, 0.15) is 20.3 Å². The lowest BCUT2D eigenvalue weighted by molar-refractivity contribution is -0.143. The highest BCUT2D eigenvalue weighted by Gasteiger charge is 2.16. The maximum atomic E-state index is 10.7. The minimum Gasteiger partial charge on any atom is -0.466 e. The molecule has 1 N–H and O–H groups in total. The molecule has 0 amide bonds. The fraction of sp³-hybridized carbons (Fsp3) is 0.857. The molecule has 0 spiro atoms. The maximum Gasteiger partial charge on any atom is 0.307 e. The Kier molecular flexibility index (Phi) is 5.24. The largest absolute Gasteiger partial charge is 0.466 e. The Balaban J connectivity index is 3.57. The predicted octanol–water partition coefficient (Wildman–Crippen LogP) is 0.928. The summed E-state index contributed by atoms with van der Waals surface area (Å²) in [6.07, 6.45) is -0.617. The second-order valence-corrected chi connectivity index (χ2v) is 2.83. The van der Waals surface area contributed by atoms with Crippen molar-refractivity contribution >= 4 is 17.6 Å². The summed E-state index contributed by atoms with van der Waals surface area (Å²) >= 11 is 5.60. The summed E-state index contributed by atoms with van der Waals surface area (Å²) in [6.45, 7) is 3.61. The molecular weight excluding hydrogens is 168 g/mol. The number of ether oxygens (including phenoxy) is 1. The Morgan fingerprint density at radius 1 is 1.73 bits per heavy atom. The molecule has 4 heteroatoms. The van der Waals surface area contributed by atoms with Crippen LogP contribution in [-0.4, -0.2) is 29.2 Å². The van der Waals surface area contributed by atoms with Gasteiger partial charge in [0.2, 0.25) is 0 Å². The van der Waals surface area contributed by atoms with Gasteiger partial charge in [0.1, 0.15) is 0 Å². The van der Waals surface area contributed by atoms with Crippen molar-refractivity contribution in [2.24, 2.45) is 0 Å². The molecule has 0 bridgehead atoms. The van der Waals surface area contributed by atoms with Crippen molar-refractivity contribution < 1.29 is 14.6 Å². The number of aliphatic hydroxyl groups excluding tert-OH is 1. The van der Waals surface area contributed by atoms with Gasteiger partial charge in [-0.1, -0.05) is 0 Å². The molecule has 66 valence electrons. The highest BCUT2D eigenvalue weighted by molar-refractivity contribution is 6.22.